The molecular weight excluding hydrogens is 435 g/mol. The van der Waals surface area contributed by atoms with Crippen molar-refractivity contribution in [1.82, 2.24) is 24.3 Å². The fourth-order valence-corrected chi connectivity index (χ4v) is 4.34. The molecule has 1 aliphatic heterocycles. The Morgan fingerprint density at radius 3 is 2.74 bits per heavy atom. The molecule has 0 fully saturated rings. The lowest BCUT2D eigenvalue weighted by Gasteiger charge is -2.29. The molecule has 8 nitrogen and oxygen atoms in total. The molecule has 0 saturated carbocycles. The Bertz CT molecular complexity index is 1360. The third-order valence-corrected chi connectivity index (χ3v) is 6.15. The summed E-state index contributed by atoms with van der Waals surface area (Å²) in [6, 6.07) is 12.0. The Morgan fingerprint density at radius 2 is 2.00 bits per heavy atom. The number of aromatic nitrogens is 5. The minimum atomic E-state index is -0.500. The summed E-state index contributed by atoms with van der Waals surface area (Å²) in [7, 11) is 1.62. The van der Waals surface area contributed by atoms with Gasteiger partial charge in [-0.05, 0) is 56.2 Å². The first-order valence-electron chi connectivity index (χ1n) is 11.2. The van der Waals surface area contributed by atoms with E-state index in [2.05, 4.69) is 15.2 Å². The van der Waals surface area contributed by atoms with Crippen molar-refractivity contribution in [2.75, 3.05) is 18.6 Å². The number of anilines is 1. The number of carbonyl (C=O) groups is 1. The molecule has 0 saturated heterocycles. The molecule has 0 aliphatic carbocycles. The van der Waals surface area contributed by atoms with Gasteiger partial charge in [0.25, 0.3) is 0 Å². The van der Waals surface area contributed by atoms with Gasteiger partial charge < -0.3 is 9.30 Å². The summed E-state index contributed by atoms with van der Waals surface area (Å²) in [5.41, 5.74) is 3.25. The van der Waals surface area contributed by atoms with Crippen LogP contribution in [0, 0.1) is 12.7 Å². The van der Waals surface area contributed by atoms with E-state index in [1.54, 1.807) is 37.4 Å². The summed E-state index contributed by atoms with van der Waals surface area (Å²) >= 11 is 0. The fraction of sp³-hybridized carbons (Fsp3) is 0.280. The second-order valence-electron chi connectivity index (χ2n) is 8.40. The highest BCUT2D eigenvalue weighted by Crippen LogP contribution is 2.33. The summed E-state index contributed by atoms with van der Waals surface area (Å²) in [5, 5.41) is 8.77. The molecule has 1 unspecified atom stereocenters. The highest BCUT2D eigenvalue weighted by atomic mass is 19.1. The number of imidazole rings is 1. The first kappa shape index (κ1) is 21.8. The number of carbonyl (C=O) groups excluding carboxylic acids is 1. The minimum absolute atomic E-state index is 0.131. The van der Waals surface area contributed by atoms with Crippen LogP contribution >= 0.6 is 0 Å². The summed E-state index contributed by atoms with van der Waals surface area (Å²) < 4.78 is 23.2. The molecule has 34 heavy (non-hydrogen) atoms. The van der Waals surface area contributed by atoms with E-state index in [1.165, 1.54) is 12.1 Å². The Labute approximate surface area is 196 Å². The number of ether oxygens (including phenoxy) is 1. The molecule has 5 rings (SSSR count). The zero-order valence-electron chi connectivity index (χ0n) is 19.3. The quantitative estimate of drug-likeness (QED) is 0.448. The average Bonchev–Trinajstić information content (AvgIpc) is 3.49. The molecule has 3 heterocycles. The van der Waals surface area contributed by atoms with E-state index in [0.29, 0.717) is 36.2 Å². The number of hydrogen-bond donors (Lipinski definition) is 0. The number of halogens is 1. The molecule has 2 aromatic carbocycles. The van der Waals surface area contributed by atoms with Gasteiger partial charge in [-0.2, -0.15) is 0 Å². The van der Waals surface area contributed by atoms with Gasteiger partial charge in [0.1, 0.15) is 11.6 Å². The zero-order valence-corrected chi connectivity index (χ0v) is 19.3. The number of hydrogen-bond acceptors (Lipinski definition) is 5. The maximum absolute atomic E-state index is 13.7. The number of nitrogens with zero attached hydrogens (tertiary/aromatic N) is 6. The third kappa shape index (κ3) is 3.83. The van der Waals surface area contributed by atoms with Crippen LogP contribution in [0.4, 0.5) is 10.3 Å². The van der Waals surface area contributed by atoms with Crippen molar-refractivity contribution in [2.24, 2.45) is 0 Å². The van der Waals surface area contributed by atoms with Gasteiger partial charge in [-0.25, -0.2) is 9.37 Å². The molecule has 0 spiro atoms. The molecule has 1 aliphatic rings. The molecule has 0 bridgehead atoms. The van der Waals surface area contributed by atoms with Crippen LogP contribution in [0.25, 0.3) is 17.1 Å². The Kier molecular flexibility index (Phi) is 5.61. The first-order valence-corrected chi connectivity index (χ1v) is 11.2. The van der Waals surface area contributed by atoms with Gasteiger partial charge in [-0.3, -0.25) is 14.3 Å². The van der Waals surface area contributed by atoms with Crippen molar-refractivity contribution in [1.29, 1.82) is 0 Å². The van der Waals surface area contributed by atoms with Gasteiger partial charge in [0, 0.05) is 24.8 Å². The van der Waals surface area contributed by atoms with Gasteiger partial charge >= 0.3 is 0 Å². The van der Waals surface area contributed by atoms with Crippen molar-refractivity contribution in [3.05, 3.63) is 72.1 Å². The van der Waals surface area contributed by atoms with Crippen LogP contribution in [0.5, 0.6) is 5.75 Å². The number of amides is 1. The van der Waals surface area contributed by atoms with Gasteiger partial charge in [-0.15, -0.1) is 10.2 Å². The van der Waals surface area contributed by atoms with Crippen LogP contribution in [-0.2, 0) is 11.3 Å². The Balaban J connectivity index is 1.47. The van der Waals surface area contributed by atoms with Crippen LogP contribution in [0.1, 0.15) is 30.5 Å². The molecule has 0 radical (unpaired) electrons. The summed E-state index contributed by atoms with van der Waals surface area (Å²) in [6.07, 6.45) is 4.44. The van der Waals surface area contributed by atoms with E-state index >= 15 is 0 Å². The predicted molar refractivity (Wildman–Crippen MR) is 126 cm³/mol. The second-order valence-corrected chi connectivity index (χ2v) is 8.40. The largest absolute Gasteiger partial charge is 0.495 e. The van der Waals surface area contributed by atoms with Gasteiger partial charge in [0.15, 0.2) is 5.82 Å². The average molecular weight is 461 g/mol. The van der Waals surface area contributed by atoms with Crippen molar-refractivity contribution < 1.29 is 13.9 Å². The molecule has 9 heteroatoms. The lowest BCUT2D eigenvalue weighted by Crippen LogP contribution is -2.40. The van der Waals surface area contributed by atoms with E-state index in [-0.39, 0.29) is 11.7 Å². The van der Waals surface area contributed by atoms with Crippen LogP contribution in [0.2, 0.25) is 0 Å². The van der Waals surface area contributed by atoms with E-state index < -0.39 is 5.92 Å². The Hall–Kier alpha value is -4.01. The van der Waals surface area contributed by atoms with Crippen molar-refractivity contribution in [3.8, 4) is 22.8 Å². The van der Waals surface area contributed by atoms with Gasteiger partial charge in [0.2, 0.25) is 11.9 Å². The number of rotatable bonds is 5. The highest BCUT2D eigenvalue weighted by Gasteiger charge is 2.31. The SMILES string of the molecule is COc1cc(-c2nnc3n2CCCN3C(=O)C(C)c2cccc(F)c2)ccc1-n1cnc(C)c1. The molecule has 1 amide bonds. The van der Waals surface area contributed by atoms with Crippen molar-refractivity contribution >= 4 is 11.9 Å². The first-order chi connectivity index (χ1) is 16.5. The van der Waals surface area contributed by atoms with E-state index in [0.717, 1.165) is 23.4 Å². The number of aryl methyl sites for hydroxylation is 1. The standard InChI is InChI=1S/C25H25FN6O2/c1-16-14-30(15-27-16)21-9-8-19(13-22(21)34-3)23-28-29-25-31(23)10-5-11-32(25)24(33)17(2)18-6-4-7-20(26)12-18/h4,6-9,12-15,17H,5,10-11H2,1-3H3. The van der Waals surface area contributed by atoms with Crippen LogP contribution in [-0.4, -0.2) is 43.9 Å². The molecular formula is C25H25FN6O2. The summed E-state index contributed by atoms with van der Waals surface area (Å²) in [4.78, 5) is 19.3. The van der Waals surface area contributed by atoms with Crippen molar-refractivity contribution in [3.63, 3.8) is 0 Å². The molecule has 0 N–H and O–H groups in total. The fourth-order valence-electron chi connectivity index (χ4n) is 4.34. The maximum atomic E-state index is 13.7. The molecule has 4 aromatic rings. The van der Waals surface area contributed by atoms with Crippen molar-refractivity contribution in [2.45, 2.75) is 32.7 Å². The summed E-state index contributed by atoms with van der Waals surface area (Å²) in [5.74, 6) is 0.856. The van der Waals surface area contributed by atoms with E-state index in [4.69, 9.17) is 4.74 Å². The lowest BCUT2D eigenvalue weighted by atomic mass is 9.99. The summed E-state index contributed by atoms with van der Waals surface area (Å²) in [6.45, 7) is 4.95. The van der Waals surface area contributed by atoms with Gasteiger partial charge in [0.05, 0.1) is 30.7 Å². The Morgan fingerprint density at radius 1 is 1.15 bits per heavy atom. The normalized spacial score (nSPS) is 14.1. The van der Waals surface area contributed by atoms with E-state index in [9.17, 15) is 9.18 Å². The number of fused-ring (bicyclic) bond motifs is 1. The maximum Gasteiger partial charge on any atom is 0.236 e. The van der Waals surface area contributed by atoms with Crippen LogP contribution < -0.4 is 9.64 Å². The highest BCUT2D eigenvalue weighted by molar-refractivity contribution is 5.97. The molecule has 174 valence electrons. The van der Waals surface area contributed by atoms with E-state index in [1.807, 2.05) is 40.5 Å². The van der Waals surface area contributed by atoms with Crippen LogP contribution in [0.3, 0.4) is 0 Å². The topological polar surface area (TPSA) is 78.1 Å². The zero-order chi connectivity index (χ0) is 23.8. The van der Waals surface area contributed by atoms with Crippen LogP contribution in [0.15, 0.2) is 55.0 Å². The van der Waals surface area contributed by atoms with Gasteiger partial charge in [-0.1, -0.05) is 12.1 Å². The number of benzene rings is 2. The molecule has 1 atom stereocenters. The monoisotopic (exact) mass is 460 g/mol. The third-order valence-electron chi connectivity index (χ3n) is 6.15. The lowest BCUT2D eigenvalue weighted by molar-refractivity contribution is -0.119. The smallest absolute Gasteiger partial charge is 0.236 e. The number of methoxy groups -OCH3 is 1. The second kappa shape index (κ2) is 8.74. The molecule has 2 aromatic heterocycles. The minimum Gasteiger partial charge on any atom is -0.495 e. The predicted octanol–water partition coefficient (Wildman–Crippen LogP) is 4.13.